The van der Waals surface area contributed by atoms with Crippen molar-refractivity contribution in [1.82, 2.24) is 0 Å². The molecule has 0 unspecified atom stereocenters. The third-order valence-corrected chi connectivity index (χ3v) is 3.23. The topological polar surface area (TPSA) is 74.6 Å². The number of hydrogen-bond donors (Lipinski definition) is 2. The van der Waals surface area contributed by atoms with Crippen molar-refractivity contribution in [3.05, 3.63) is 65.2 Å². The summed E-state index contributed by atoms with van der Waals surface area (Å²) in [5.41, 5.74) is 1.05. The molecule has 1 aliphatic rings. The minimum atomic E-state index is -0.318. The number of carbonyl (C=O) groups is 2. The zero-order chi connectivity index (χ0) is 14.3. The number of Topliss-reactive ketones (excluding diaryl/α,β-unsaturated/α-hetero) is 1. The summed E-state index contributed by atoms with van der Waals surface area (Å²) in [5, 5.41) is 19.1. The summed E-state index contributed by atoms with van der Waals surface area (Å²) in [7, 11) is 0. The molecule has 0 amide bonds. The van der Waals surface area contributed by atoms with Gasteiger partial charge < -0.3 is 10.2 Å². The van der Waals surface area contributed by atoms with Crippen molar-refractivity contribution in [2.45, 2.75) is 0 Å². The summed E-state index contributed by atoms with van der Waals surface area (Å²) in [4.78, 5) is 24.4. The highest BCUT2D eigenvalue weighted by molar-refractivity contribution is 6.38. The van der Waals surface area contributed by atoms with Crippen molar-refractivity contribution >= 4 is 17.1 Å². The molecule has 0 atom stereocenters. The maximum absolute atomic E-state index is 12.4. The van der Waals surface area contributed by atoms with E-state index >= 15 is 0 Å². The van der Waals surface area contributed by atoms with Gasteiger partial charge >= 0.3 is 0 Å². The molecule has 20 heavy (non-hydrogen) atoms. The van der Waals surface area contributed by atoms with Gasteiger partial charge in [-0.25, -0.2) is 0 Å². The fraction of sp³-hybridized carbons (Fsp3) is 0. The van der Waals surface area contributed by atoms with Crippen LogP contribution in [0.1, 0.15) is 26.3 Å². The number of allylic oxidation sites excluding steroid dienone is 2. The summed E-state index contributed by atoms with van der Waals surface area (Å²) < 4.78 is 0. The highest BCUT2D eigenvalue weighted by atomic mass is 16.3. The zero-order valence-electron chi connectivity index (χ0n) is 10.3. The maximum Gasteiger partial charge on any atom is 0.194 e. The molecule has 2 aromatic carbocycles. The Morgan fingerprint density at radius 1 is 0.800 bits per heavy atom. The molecule has 3 rings (SSSR count). The molecule has 0 radical (unpaired) electrons. The second kappa shape index (κ2) is 4.35. The third kappa shape index (κ3) is 1.78. The molecule has 0 heterocycles. The van der Waals surface area contributed by atoms with Gasteiger partial charge in [-0.2, -0.15) is 0 Å². The van der Waals surface area contributed by atoms with Gasteiger partial charge in [0.25, 0.3) is 0 Å². The van der Waals surface area contributed by atoms with E-state index in [2.05, 4.69) is 0 Å². The van der Waals surface area contributed by atoms with Crippen LogP contribution in [0.25, 0.3) is 5.57 Å². The average Bonchev–Trinajstić information content (AvgIpc) is 2.43. The van der Waals surface area contributed by atoms with Crippen molar-refractivity contribution in [2.24, 2.45) is 0 Å². The van der Waals surface area contributed by atoms with Crippen LogP contribution in [0.3, 0.4) is 0 Å². The molecular formula is C16H10O4. The standard InChI is InChI=1S/C16H10O4/c17-9-5-6-11(14(18)7-9)13-8-15(19)10-3-1-2-4-12(10)16(13)20/h1-8,17-18H. The monoisotopic (exact) mass is 266 g/mol. The number of carbonyl (C=O) groups excluding carboxylic acids is 2. The lowest BCUT2D eigenvalue weighted by atomic mass is 9.86. The maximum atomic E-state index is 12.4. The van der Waals surface area contributed by atoms with Gasteiger partial charge in [-0.3, -0.25) is 9.59 Å². The number of phenols is 2. The lowest BCUT2D eigenvalue weighted by Crippen LogP contribution is -2.16. The van der Waals surface area contributed by atoms with Crippen LogP contribution in [0.4, 0.5) is 0 Å². The number of phenolic OH excluding ortho intramolecular Hbond substituents is 2. The number of ketones is 2. The van der Waals surface area contributed by atoms with Crippen LogP contribution >= 0.6 is 0 Å². The first kappa shape index (κ1) is 12.2. The van der Waals surface area contributed by atoms with Crippen molar-refractivity contribution in [3.8, 4) is 11.5 Å². The quantitative estimate of drug-likeness (QED) is 0.831. The average molecular weight is 266 g/mol. The second-order valence-corrected chi connectivity index (χ2v) is 4.50. The number of fused-ring (bicyclic) bond motifs is 1. The van der Waals surface area contributed by atoms with Crippen LogP contribution in [0.15, 0.2) is 48.5 Å². The Bertz CT molecular complexity index is 772. The lowest BCUT2D eigenvalue weighted by Gasteiger charge is -2.15. The van der Waals surface area contributed by atoms with E-state index in [1.165, 1.54) is 18.2 Å². The van der Waals surface area contributed by atoms with Crippen LogP contribution in [0.5, 0.6) is 11.5 Å². The van der Waals surface area contributed by atoms with E-state index in [4.69, 9.17) is 0 Å². The predicted molar refractivity (Wildman–Crippen MR) is 72.9 cm³/mol. The van der Waals surface area contributed by atoms with E-state index in [9.17, 15) is 19.8 Å². The number of hydrogen-bond acceptors (Lipinski definition) is 4. The normalized spacial score (nSPS) is 13.9. The SMILES string of the molecule is O=C1C=C(c2ccc(O)cc2O)C(=O)c2ccccc21. The molecule has 0 spiro atoms. The van der Waals surface area contributed by atoms with Crippen LogP contribution < -0.4 is 0 Å². The molecule has 2 aromatic rings. The van der Waals surface area contributed by atoms with Gasteiger partial charge in [0.05, 0.1) is 0 Å². The summed E-state index contributed by atoms with van der Waals surface area (Å²) in [6.07, 6.45) is 1.22. The molecule has 0 bridgehead atoms. The van der Waals surface area contributed by atoms with Crippen molar-refractivity contribution < 1.29 is 19.8 Å². The minimum absolute atomic E-state index is 0.109. The first-order valence-corrected chi connectivity index (χ1v) is 6.00. The third-order valence-electron chi connectivity index (χ3n) is 3.23. The van der Waals surface area contributed by atoms with Crippen LogP contribution in [0, 0.1) is 0 Å². The first-order valence-electron chi connectivity index (χ1n) is 6.00. The van der Waals surface area contributed by atoms with Crippen molar-refractivity contribution in [3.63, 3.8) is 0 Å². The molecule has 0 fully saturated rings. The van der Waals surface area contributed by atoms with Gasteiger partial charge in [-0.1, -0.05) is 24.3 Å². The van der Waals surface area contributed by atoms with E-state index in [0.717, 1.165) is 6.07 Å². The van der Waals surface area contributed by atoms with E-state index in [0.29, 0.717) is 11.1 Å². The molecule has 0 saturated carbocycles. The second-order valence-electron chi connectivity index (χ2n) is 4.50. The highest BCUT2D eigenvalue weighted by Gasteiger charge is 2.27. The predicted octanol–water partition coefficient (Wildman–Crippen LogP) is 2.56. The van der Waals surface area contributed by atoms with Crippen molar-refractivity contribution in [1.29, 1.82) is 0 Å². The van der Waals surface area contributed by atoms with Crippen LogP contribution in [-0.4, -0.2) is 21.8 Å². The first-order chi connectivity index (χ1) is 9.58. The Kier molecular flexibility index (Phi) is 2.64. The molecular weight excluding hydrogens is 256 g/mol. The molecule has 4 nitrogen and oxygen atoms in total. The van der Waals surface area contributed by atoms with E-state index in [1.807, 2.05) is 0 Å². The van der Waals surface area contributed by atoms with Crippen molar-refractivity contribution in [2.75, 3.05) is 0 Å². The molecule has 0 saturated heterocycles. The van der Waals surface area contributed by atoms with E-state index < -0.39 is 0 Å². The lowest BCUT2D eigenvalue weighted by molar-refractivity contribution is 0.100. The number of aromatic hydroxyl groups is 2. The molecule has 98 valence electrons. The summed E-state index contributed by atoms with van der Waals surface area (Å²) in [5.74, 6) is -0.942. The van der Waals surface area contributed by atoms with E-state index in [-0.39, 0.29) is 34.2 Å². The Balaban J connectivity index is 2.17. The Labute approximate surface area is 114 Å². The molecule has 0 aliphatic heterocycles. The van der Waals surface area contributed by atoms with Gasteiger partial charge in [0, 0.05) is 28.3 Å². The summed E-state index contributed by atoms with van der Waals surface area (Å²) >= 11 is 0. The summed E-state index contributed by atoms with van der Waals surface area (Å²) in [6.45, 7) is 0. The molecule has 2 N–H and O–H groups in total. The fourth-order valence-corrected chi connectivity index (χ4v) is 2.26. The smallest absolute Gasteiger partial charge is 0.194 e. The molecule has 4 heteroatoms. The number of benzene rings is 2. The van der Waals surface area contributed by atoms with Crippen LogP contribution in [0.2, 0.25) is 0 Å². The molecule has 1 aliphatic carbocycles. The van der Waals surface area contributed by atoms with Gasteiger partial charge in [-0.15, -0.1) is 0 Å². The van der Waals surface area contributed by atoms with Gasteiger partial charge in [-0.05, 0) is 18.2 Å². The Morgan fingerprint density at radius 3 is 2.20 bits per heavy atom. The zero-order valence-corrected chi connectivity index (χ0v) is 10.3. The van der Waals surface area contributed by atoms with Gasteiger partial charge in [0.1, 0.15) is 11.5 Å². The summed E-state index contributed by atoms with van der Waals surface area (Å²) in [6, 6.07) is 10.5. The van der Waals surface area contributed by atoms with E-state index in [1.54, 1.807) is 24.3 Å². The van der Waals surface area contributed by atoms with Gasteiger partial charge in [0.15, 0.2) is 11.6 Å². The highest BCUT2D eigenvalue weighted by Crippen LogP contribution is 2.34. The Hall–Kier alpha value is -2.88. The number of rotatable bonds is 1. The molecule has 0 aromatic heterocycles. The fourth-order valence-electron chi connectivity index (χ4n) is 2.26. The van der Waals surface area contributed by atoms with Crippen LogP contribution in [-0.2, 0) is 0 Å². The Morgan fingerprint density at radius 2 is 1.50 bits per heavy atom. The largest absolute Gasteiger partial charge is 0.508 e. The minimum Gasteiger partial charge on any atom is -0.508 e. The van der Waals surface area contributed by atoms with Gasteiger partial charge in [0.2, 0.25) is 0 Å².